The lowest BCUT2D eigenvalue weighted by molar-refractivity contribution is -0.145. The van der Waals surface area contributed by atoms with Crippen LogP contribution in [-0.4, -0.2) is 30.8 Å². The van der Waals surface area contributed by atoms with E-state index in [1.807, 2.05) is 0 Å². The van der Waals surface area contributed by atoms with Crippen LogP contribution in [0.1, 0.15) is 34.5 Å². The van der Waals surface area contributed by atoms with Gasteiger partial charge in [-0.15, -0.1) is 0 Å². The van der Waals surface area contributed by atoms with E-state index in [0.717, 1.165) is 5.56 Å². The first-order chi connectivity index (χ1) is 12.5. The van der Waals surface area contributed by atoms with Crippen LogP contribution in [0.4, 0.5) is 4.39 Å². The summed E-state index contributed by atoms with van der Waals surface area (Å²) in [6.45, 7) is 2.16. The van der Waals surface area contributed by atoms with E-state index in [4.69, 9.17) is 14.6 Å². The Morgan fingerprint density at radius 1 is 1.19 bits per heavy atom. The van der Waals surface area contributed by atoms with Crippen molar-refractivity contribution in [1.82, 2.24) is 5.32 Å². The number of carboxylic acids is 1. The molecule has 0 saturated carbocycles. The number of aromatic carboxylic acids is 1. The van der Waals surface area contributed by atoms with Gasteiger partial charge in [0.25, 0.3) is 0 Å². The van der Waals surface area contributed by atoms with Gasteiger partial charge >= 0.3 is 11.9 Å². The second-order valence-corrected chi connectivity index (χ2v) is 5.46. The van der Waals surface area contributed by atoms with Crippen LogP contribution in [0.3, 0.4) is 0 Å². The molecule has 138 valence electrons. The van der Waals surface area contributed by atoms with E-state index in [-0.39, 0.29) is 24.5 Å². The van der Waals surface area contributed by atoms with Gasteiger partial charge in [0.05, 0.1) is 19.3 Å². The van der Waals surface area contributed by atoms with E-state index in [0.29, 0.717) is 5.56 Å². The molecule has 0 aliphatic rings. The normalized spacial score (nSPS) is 11.7. The van der Waals surface area contributed by atoms with Crippen molar-refractivity contribution in [3.63, 3.8) is 0 Å². The molecule has 0 heterocycles. The van der Waals surface area contributed by atoms with Gasteiger partial charge in [-0.05, 0) is 42.3 Å². The third kappa shape index (κ3) is 4.80. The maximum atomic E-state index is 14.0. The third-order valence-corrected chi connectivity index (χ3v) is 3.74. The van der Waals surface area contributed by atoms with Crippen LogP contribution < -0.4 is 10.1 Å². The number of carboxylic acid groups (broad SMARTS) is 1. The van der Waals surface area contributed by atoms with Crippen LogP contribution in [0.2, 0.25) is 0 Å². The molecule has 0 amide bonds. The predicted molar refractivity (Wildman–Crippen MR) is 92.6 cm³/mol. The summed E-state index contributed by atoms with van der Waals surface area (Å²) in [5, 5.41) is 11.9. The lowest BCUT2D eigenvalue weighted by atomic mass is 10.1. The number of benzene rings is 2. The average Bonchev–Trinajstić information content (AvgIpc) is 2.62. The monoisotopic (exact) mass is 361 g/mol. The minimum atomic E-state index is -1.01. The Morgan fingerprint density at radius 2 is 1.88 bits per heavy atom. The Balaban J connectivity index is 2.18. The average molecular weight is 361 g/mol. The summed E-state index contributed by atoms with van der Waals surface area (Å²) in [5.41, 5.74) is 1.36. The molecule has 0 spiro atoms. The first-order valence-corrected chi connectivity index (χ1v) is 8.02. The van der Waals surface area contributed by atoms with Crippen molar-refractivity contribution in [2.45, 2.75) is 19.5 Å². The van der Waals surface area contributed by atoms with E-state index >= 15 is 0 Å². The molecule has 1 unspecified atom stereocenters. The van der Waals surface area contributed by atoms with Gasteiger partial charge in [0.15, 0.2) is 11.6 Å². The fourth-order valence-corrected chi connectivity index (χ4v) is 2.41. The second kappa shape index (κ2) is 8.96. The lowest BCUT2D eigenvalue weighted by Crippen LogP contribution is -2.30. The summed E-state index contributed by atoms with van der Waals surface area (Å²) < 4.78 is 23.9. The van der Waals surface area contributed by atoms with Crippen molar-refractivity contribution in [1.29, 1.82) is 0 Å². The molecular weight excluding hydrogens is 341 g/mol. The van der Waals surface area contributed by atoms with Crippen molar-refractivity contribution in [3.05, 3.63) is 65.0 Å². The van der Waals surface area contributed by atoms with Crippen molar-refractivity contribution in [2.75, 3.05) is 13.7 Å². The van der Waals surface area contributed by atoms with Gasteiger partial charge in [0.1, 0.15) is 6.04 Å². The maximum absolute atomic E-state index is 14.0. The highest BCUT2D eigenvalue weighted by Crippen LogP contribution is 2.23. The molecule has 0 fully saturated rings. The van der Waals surface area contributed by atoms with E-state index < -0.39 is 23.8 Å². The van der Waals surface area contributed by atoms with Gasteiger partial charge in [0, 0.05) is 6.54 Å². The fourth-order valence-electron chi connectivity index (χ4n) is 2.41. The van der Waals surface area contributed by atoms with Crippen LogP contribution in [0.25, 0.3) is 0 Å². The van der Waals surface area contributed by atoms with Crippen LogP contribution in [0.5, 0.6) is 5.75 Å². The summed E-state index contributed by atoms with van der Waals surface area (Å²) >= 11 is 0. The molecular formula is C19H20FNO5. The minimum absolute atomic E-state index is 0.0839. The molecule has 0 aromatic heterocycles. The highest BCUT2D eigenvalue weighted by atomic mass is 19.1. The number of ether oxygens (including phenoxy) is 2. The van der Waals surface area contributed by atoms with Crippen LogP contribution in [0, 0.1) is 5.82 Å². The molecule has 0 aliphatic heterocycles. The highest BCUT2D eigenvalue weighted by Gasteiger charge is 2.23. The van der Waals surface area contributed by atoms with Crippen molar-refractivity contribution in [2.24, 2.45) is 0 Å². The lowest BCUT2D eigenvalue weighted by Gasteiger charge is -2.18. The number of methoxy groups -OCH3 is 1. The maximum Gasteiger partial charge on any atom is 0.335 e. The summed E-state index contributed by atoms with van der Waals surface area (Å²) in [7, 11) is 1.36. The Kier molecular flexibility index (Phi) is 6.68. The quantitative estimate of drug-likeness (QED) is 0.703. The van der Waals surface area contributed by atoms with Crippen molar-refractivity contribution >= 4 is 11.9 Å². The summed E-state index contributed by atoms with van der Waals surface area (Å²) in [4.78, 5) is 23.1. The van der Waals surface area contributed by atoms with Gasteiger partial charge in [0.2, 0.25) is 0 Å². The minimum Gasteiger partial charge on any atom is -0.494 e. The molecule has 2 rings (SSSR count). The van der Waals surface area contributed by atoms with Crippen molar-refractivity contribution < 1.29 is 28.6 Å². The van der Waals surface area contributed by atoms with E-state index in [2.05, 4.69) is 5.32 Å². The van der Waals surface area contributed by atoms with Gasteiger partial charge in [-0.2, -0.15) is 0 Å². The zero-order valence-corrected chi connectivity index (χ0v) is 14.5. The number of halogens is 1. The number of rotatable bonds is 8. The fraction of sp³-hybridized carbons (Fsp3) is 0.263. The van der Waals surface area contributed by atoms with E-state index in [9.17, 15) is 14.0 Å². The molecule has 2 N–H and O–H groups in total. The van der Waals surface area contributed by atoms with Gasteiger partial charge in [-0.3, -0.25) is 5.32 Å². The van der Waals surface area contributed by atoms with Crippen LogP contribution in [-0.2, 0) is 16.1 Å². The van der Waals surface area contributed by atoms with E-state index in [1.54, 1.807) is 25.1 Å². The Labute approximate surface area is 150 Å². The first kappa shape index (κ1) is 19.4. The number of hydrogen-bond acceptors (Lipinski definition) is 5. The molecule has 2 aromatic rings. The number of nitrogens with one attached hydrogen (secondary N) is 1. The predicted octanol–water partition coefficient (Wildman–Crippen LogP) is 2.93. The van der Waals surface area contributed by atoms with E-state index in [1.165, 1.54) is 31.4 Å². The Hall–Kier alpha value is -2.93. The molecule has 26 heavy (non-hydrogen) atoms. The first-order valence-electron chi connectivity index (χ1n) is 8.02. The smallest absolute Gasteiger partial charge is 0.335 e. The molecule has 0 radical (unpaired) electrons. The standard InChI is InChI=1S/C19H20FNO5/c1-3-26-19(24)17(14-8-9-16(25-2)15(20)10-14)21-11-12-4-6-13(7-5-12)18(22)23/h4-10,17,21H,3,11H2,1-2H3,(H,22,23). The van der Waals surface area contributed by atoms with Gasteiger partial charge in [-0.25, -0.2) is 14.0 Å². The summed E-state index contributed by atoms with van der Waals surface area (Å²) in [5.74, 6) is -2.03. The summed E-state index contributed by atoms with van der Waals surface area (Å²) in [6, 6.07) is 9.64. The molecule has 0 saturated heterocycles. The third-order valence-electron chi connectivity index (χ3n) is 3.74. The number of hydrogen-bond donors (Lipinski definition) is 2. The van der Waals surface area contributed by atoms with Crippen LogP contribution >= 0.6 is 0 Å². The van der Waals surface area contributed by atoms with Crippen LogP contribution in [0.15, 0.2) is 42.5 Å². The SMILES string of the molecule is CCOC(=O)C(NCc1ccc(C(=O)O)cc1)c1ccc(OC)c(F)c1. The zero-order valence-electron chi connectivity index (χ0n) is 14.5. The zero-order chi connectivity index (χ0) is 19.1. The largest absolute Gasteiger partial charge is 0.494 e. The Morgan fingerprint density at radius 3 is 2.42 bits per heavy atom. The summed E-state index contributed by atoms with van der Waals surface area (Å²) in [6.07, 6.45) is 0. The Bertz CT molecular complexity index is 776. The molecule has 2 aromatic carbocycles. The number of esters is 1. The van der Waals surface area contributed by atoms with Crippen molar-refractivity contribution in [3.8, 4) is 5.75 Å². The number of carbonyl (C=O) groups is 2. The highest BCUT2D eigenvalue weighted by molar-refractivity contribution is 5.87. The molecule has 0 aliphatic carbocycles. The molecule has 1 atom stereocenters. The molecule has 6 nitrogen and oxygen atoms in total. The number of carbonyl (C=O) groups excluding carboxylic acids is 1. The topological polar surface area (TPSA) is 84.9 Å². The second-order valence-electron chi connectivity index (χ2n) is 5.46. The van der Waals surface area contributed by atoms with Gasteiger partial charge in [-0.1, -0.05) is 18.2 Å². The molecule has 0 bridgehead atoms. The van der Waals surface area contributed by atoms with Gasteiger partial charge < -0.3 is 14.6 Å². The molecule has 7 heteroatoms.